The third kappa shape index (κ3) is 6.11. The van der Waals surface area contributed by atoms with Gasteiger partial charge in [-0.2, -0.15) is 0 Å². The summed E-state index contributed by atoms with van der Waals surface area (Å²) < 4.78 is 0. The van der Waals surface area contributed by atoms with Crippen molar-refractivity contribution in [1.29, 1.82) is 0 Å². The molecule has 0 aliphatic carbocycles. The summed E-state index contributed by atoms with van der Waals surface area (Å²) in [5, 5.41) is 8.41. The molecule has 2 aromatic carbocycles. The van der Waals surface area contributed by atoms with Gasteiger partial charge in [0.25, 0.3) is 0 Å². The molecule has 0 bridgehead atoms. The summed E-state index contributed by atoms with van der Waals surface area (Å²) in [6.45, 7) is 4.21. The molecule has 0 aliphatic heterocycles. The second-order valence-electron chi connectivity index (χ2n) is 6.25. The fraction of sp³-hybridized carbons (Fsp3) is 0.300. The Bertz CT molecular complexity index is 718. The highest BCUT2D eigenvalue weighted by Crippen LogP contribution is 2.18. The first-order valence-electron chi connectivity index (χ1n) is 8.53. The van der Waals surface area contributed by atoms with E-state index in [1.165, 1.54) is 0 Å². The van der Waals surface area contributed by atoms with E-state index in [0.29, 0.717) is 12.2 Å². The van der Waals surface area contributed by atoms with Crippen molar-refractivity contribution in [3.63, 3.8) is 0 Å². The minimum absolute atomic E-state index is 0.0389. The largest absolute Gasteiger partial charge is 0.334 e. The Morgan fingerprint density at radius 2 is 1.65 bits per heavy atom. The number of thioether (sulfide) groups is 1. The Labute approximate surface area is 159 Å². The molecule has 3 N–H and O–H groups in total. The van der Waals surface area contributed by atoms with Crippen LogP contribution >= 0.6 is 11.8 Å². The number of urea groups is 1. The number of rotatable bonds is 7. The minimum atomic E-state index is -0.619. The summed E-state index contributed by atoms with van der Waals surface area (Å²) in [7, 11) is 0. The van der Waals surface area contributed by atoms with Crippen molar-refractivity contribution in [3.05, 3.63) is 60.2 Å². The lowest BCUT2D eigenvalue weighted by Crippen LogP contribution is -2.50. The highest BCUT2D eigenvalue weighted by molar-refractivity contribution is 7.98. The standard InChI is InChI=1S/C20H25N3O2S/c1-14(2)18(19(24)22-16-9-11-17(26-3)12-10-16)23-20(25)21-13-15-7-5-4-6-8-15/h4-12,14,18H,13H2,1-3H3,(H,22,24)(H2,21,23,25)/t18-/m1/s1. The molecule has 6 heteroatoms. The lowest BCUT2D eigenvalue weighted by atomic mass is 10.0. The molecule has 2 rings (SSSR count). The molecular weight excluding hydrogens is 346 g/mol. The zero-order valence-electron chi connectivity index (χ0n) is 15.3. The van der Waals surface area contributed by atoms with E-state index < -0.39 is 6.04 Å². The maximum atomic E-state index is 12.6. The first kappa shape index (κ1) is 19.8. The molecular formula is C20H25N3O2S. The average molecular weight is 372 g/mol. The number of amides is 3. The molecule has 0 heterocycles. The van der Waals surface area contributed by atoms with E-state index >= 15 is 0 Å². The Morgan fingerprint density at radius 1 is 1.00 bits per heavy atom. The fourth-order valence-electron chi connectivity index (χ4n) is 2.40. The van der Waals surface area contributed by atoms with Crippen LogP contribution in [0.4, 0.5) is 10.5 Å². The van der Waals surface area contributed by atoms with Gasteiger partial charge in [0, 0.05) is 17.1 Å². The van der Waals surface area contributed by atoms with Crippen molar-refractivity contribution in [2.45, 2.75) is 31.3 Å². The van der Waals surface area contributed by atoms with Crippen LogP contribution in [-0.4, -0.2) is 24.2 Å². The van der Waals surface area contributed by atoms with Crippen LogP contribution in [0.2, 0.25) is 0 Å². The molecule has 0 aromatic heterocycles. The summed E-state index contributed by atoms with van der Waals surface area (Å²) in [5.74, 6) is -0.269. The molecule has 2 aromatic rings. The zero-order chi connectivity index (χ0) is 18.9. The number of anilines is 1. The van der Waals surface area contributed by atoms with Gasteiger partial charge >= 0.3 is 6.03 Å². The quantitative estimate of drug-likeness (QED) is 0.647. The lowest BCUT2D eigenvalue weighted by Gasteiger charge is -2.22. The van der Waals surface area contributed by atoms with Crippen molar-refractivity contribution in [2.24, 2.45) is 5.92 Å². The number of hydrogen-bond acceptors (Lipinski definition) is 3. The van der Waals surface area contributed by atoms with Gasteiger partial charge in [0.2, 0.25) is 5.91 Å². The van der Waals surface area contributed by atoms with Gasteiger partial charge in [-0.15, -0.1) is 11.8 Å². The molecule has 3 amide bonds. The highest BCUT2D eigenvalue weighted by Gasteiger charge is 2.24. The number of benzene rings is 2. The average Bonchev–Trinajstić information content (AvgIpc) is 2.65. The van der Waals surface area contributed by atoms with Gasteiger partial charge in [0.1, 0.15) is 6.04 Å². The van der Waals surface area contributed by atoms with Crippen molar-refractivity contribution in [1.82, 2.24) is 10.6 Å². The molecule has 0 unspecified atom stereocenters. The van der Waals surface area contributed by atoms with Crippen molar-refractivity contribution in [3.8, 4) is 0 Å². The Kier molecular flexibility index (Phi) is 7.53. The molecule has 0 saturated carbocycles. The van der Waals surface area contributed by atoms with E-state index in [-0.39, 0.29) is 17.9 Å². The van der Waals surface area contributed by atoms with Gasteiger partial charge in [-0.25, -0.2) is 4.79 Å². The number of hydrogen-bond donors (Lipinski definition) is 3. The van der Waals surface area contributed by atoms with E-state index in [4.69, 9.17) is 0 Å². The van der Waals surface area contributed by atoms with Gasteiger partial charge in [0.15, 0.2) is 0 Å². The number of nitrogens with one attached hydrogen (secondary N) is 3. The van der Waals surface area contributed by atoms with Gasteiger partial charge in [-0.3, -0.25) is 4.79 Å². The monoisotopic (exact) mass is 371 g/mol. The van der Waals surface area contributed by atoms with E-state index in [0.717, 1.165) is 10.5 Å². The van der Waals surface area contributed by atoms with Crippen LogP contribution in [0.25, 0.3) is 0 Å². The van der Waals surface area contributed by atoms with E-state index in [1.807, 2.05) is 74.7 Å². The van der Waals surface area contributed by atoms with E-state index in [2.05, 4.69) is 16.0 Å². The molecule has 0 spiro atoms. The van der Waals surface area contributed by atoms with Crippen LogP contribution in [0.3, 0.4) is 0 Å². The van der Waals surface area contributed by atoms with Crippen LogP contribution in [-0.2, 0) is 11.3 Å². The lowest BCUT2D eigenvalue weighted by molar-refractivity contribution is -0.118. The van der Waals surface area contributed by atoms with E-state index in [9.17, 15) is 9.59 Å². The smallest absolute Gasteiger partial charge is 0.315 e. The highest BCUT2D eigenvalue weighted by atomic mass is 32.2. The molecule has 5 nitrogen and oxygen atoms in total. The van der Waals surface area contributed by atoms with Crippen LogP contribution in [0.1, 0.15) is 19.4 Å². The predicted octanol–water partition coefficient (Wildman–Crippen LogP) is 3.87. The molecule has 1 atom stereocenters. The zero-order valence-corrected chi connectivity index (χ0v) is 16.1. The Hall–Kier alpha value is -2.47. The summed E-state index contributed by atoms with van der Waals surface area (Å²) in [6, 6.07) is 16.3. The maximum absolute atomic E-state index is 12.6. The van der Waals surface area contributed by atoms with Gasteiger partial charge in [0.05, 0.1) is 0 Å². The van der Waals surface area contributed by atoms with Gasteiger partial charge in [-0.05, 0) is 42.0 Å². The summed E-state index contributed by atoms with van der Waals surface area (Å²) in [4.78, 5) is 25.9. The molecule has 0 saturated heterocycles. The predicted molar refractivity (Wildman–Crippen MR) is 107 cm³/mol. The van der Waals surface area contributed by atoms with Gasteiger partial charge < -0.3 is 16.0 Å². The third-order valence-electron chi connectivity index (χ3n) is 3.89. The van der Waals surface area contributed by atoms with Crippen LogP contribution in [0, 0.1) is 5.92 Å². The van der Waals surface area contributed by atoms with Crippen molar-refractivity contribution >= 4 is 29.4 Å². The van der Waals surface area contributed by atoms with Crippen LogP contribution in [0.5, 0.6) is 0 Å². The van der Waals surface area contributed by atoms with Crippen LogP contribution in [0.15, 0.2) is 59.5 Å². The van der Waals surface area contributed by atoms with Crippen molar-refractivity contribution in [2.75, 3.05) is 11.6 Å². The second-order valence-corrected chi connectivity index (χ2v) is 7.13. The van der Waals surface area contributed by atoms with Crippen molar-refractivity contribution < 1.29 is 9.59 Å². The second kappa shape index (κ2) is 9.87. The molecule has 138 valence electrons. The molecule has 0 aliphatic rings. The molecule has 0 radical (unpaired) electrons. The first-order valence-corrected chi connectivity index (χ1v) is 9.75. The molecule has 26 heavy (non-hydrogen) atoms. The third-order valence-corrected chi connectivity index (χ3v) is 4.63. The summed E-state index contributed by atoms with van der Waals surface area (Å²) >= 11 is 1.64. The van der Waals surface area contributed by atoms with Gasteiger partial charge in [-0.1, -0.05) is 44.2 Å². The minimum Gasteiger partial charge on any atom is -0.334 e. The summed E-state index contributed by atoms with van der Waals surface area (Å²) in [5.41, 5.74) is 1.71. The first-order chi connectivity index (χ1) is 12.5. The Balaban J connectivity index is 1.91. The summed E-state index contributed by atoms with van der Waals surface area (Å²) in [6.07, 6.45) is 2.00. The normalized spacial score (nSPS) is 11.7. The SMILES string of the molecule is CSc1ccc(NC(=O)[C@H](NC(=O)NCc2ccccc2)C(C)C)cc1. The molecule has 0 fully saturated rings. The number of carbonyl (C=O) groups is 2. The number of carbonyl (C=O) groups excluding carboxylic acids is 2. The van der Waals surface area contributed by atoms with E-state index in [1.54, 1.807) is 11.8 Å². The topological polar surface area (TPSA) is 70.2 Å². The maximum Gasteiger partial charge on any atom is 0.315 e. The fourth-order valence-corrected chi connectivity index (χ4v) is 2.81. The van der Waals surface area contributed by atoms with Crippen LogP contribution < -0.4 is 16.0 Å². The Morgan fingerprint density at radius 3 is 2.23 bits per heavy atom.